The normalized spacial score (nSPS) is 17.9. The minimum absolute atomic E-state index is 0.0706. The Morgan fingerprint density at radius 2 is 1.82 bits per heavy atom. The van der Waals surface area contributed by atoms with Gasteiger partial charge in [0, 0.05) is 17.0 Å². The molecule has 0 saturated carbocycles. The molecule has 1 saturated heterocycles. The highest BCUT2D eigenvalue weighted by atomic mass is 32.1. The average Bonchev–Trinajstić information content (AvgIpc) is 3.50. The number of hydrogen-bond donors (Lipinski definition) is 3. The summed E-state index contributed by atoms with van der Waals surface area (Å²) in [6, 6.07) is 16.8. The monoisotopic (exact) mass is 472 g/mol. The maximum Gasteiger partial charge on any atom is 0.322 e. The first-order valence-electron chi connectivity index (χ1n) is 10.5. The van der Waals surface area contributed by atoms with Gasteiger partial charge in [0.15, 0.2) is 11.4 Å². The third kappa shape index (κ3) is 3.12. The van der Waals surface area contributed by atoms with Crippen LogP contribution in [0, 0.1) is 5.82 Å². The third-order valence-electron chi connectivity index (χ3n) is 6.21. The predicted molar refractivity (Wildman–Crippen MR) is 127 cm³/mol. The highest BCUT2D eigenvalue weighted by molar-refractivity contribution is 7.16. The highest BCUT2D eigenvalue weighted by Crippen LogP contribution is 2.35. The van der Waals surface area contributed by atoms with Crippen LogP contribution in [0.15, 0.2) is 72.4 Å². The number of amides is 3. The first-order chi connectivity index (χ1) is 16.4. The van der Waals surface area contributed by atoms with E-state index in [1.165, 1.54) is 16.7 Å². The number of nitrogens with zero attached hydrogens (tertiary/aromatic N) is 2. The molecule has 168 valence electrons. The van der Waals surface area contributed by atoms with Crippen LogP contribution in [0.5, 0.6) is 5.88 Å². The minimum atomic E-state index is -1.44. The summed E-state index contributed by atoms with van der Waals surface area (Å²) in [5.41, 5.74) is 3.81. The molecule has 1 aliphatic heterocycles. The second-order valence-electron chi connectivity index (χ2n) is 8.24. The van der Waals surface area contributed by atoms with Crippen molar-refractivity contribution >= 4 is 44.3 Å². The molecule has 0 aliphatic carbocycles. The number of nitrogens with one attached hydrogen (secondary N) is 2. The van der Waals surface area contributed by atoms with Crippen LogP contribution in [0.4, 0.5) is 9.18 Å². The zero-order valence-corrected chi connectivity index (χ0v) is 18.4. The Bertz CT molecular complexity index is 1610. The van der Waals surface area contributed by atoms with Gasteiger partial charge in [0.25, 0.3) is 5.91 Å². The Labute approximate surface area is 196 Å². The number of urea groups is 1. The van der Waals surface area contributed by atoms with Crippen molar-refractivity contribution in [3.63, 3.8) is 0 Å². The van der Waals surface area contributed by atoms with Crippen molar-refractivity contribution in [3.8, 4) is 17.0 Å². The van der Waals surface area contributed by atoms with Gasteiger partial charge in [-0.25, -0.2) is 14.2 Å². The molecule has 0 radical (unpaired) electrons. The summed E-state index contributed by atoms with van der Waals surface area (Å²) >= 11 is 1.56. The van der Waals surface area contributed by atoms with Crippen molar-refractivity contribution < 1.29 is 19.1 Å². The van der Waals surface area contributed by atoms with Crippen LogP contribution in [-0.2, 0) is 16.9 Å². The number of aromatic nitrogens is 2. The van der Waals surface area contributed by atoms with Crippen LogP contribution in [0.2, 0.25) is 0 Å². The molecular weight excluding hydrogens is 455 g/mol. The largest absolute Gasteiger partial charge is 0.494 e. The summed E-state index contributed by atoms with van der Waals surface area (Å²) in [6.07, 6.45) is 1.63. The molecule has 5 aromatic rings. The van der Waals surface area contributed by atoms with Gasteiger partial charge < -0.3 is 15.0 Å². The molecule has 9 heteroatoms. The molecular formula is C25H17FN4O3S. The van der Waals surface area contributed by atoms with E-state index in [9.17, 15) is 19.1 Å². The van der Waals surface area contributed by atoms with Gasteiger partial charge in [-0.05, 0) is 47.0 Å². The maximum absolute atomic E-state index is 13.7. The first kappa shape index (κ1) is 20.4. The quantitative estimate of drug-likeness (QED) is 0.336. The topological polar surface area (TPSA) is 96.2 Å². The van der Waals surface area contributed by atoms with Crippen molar-refractivity contribution in [2.45, 2.75) is 12.1 Å². The maximum atomic E-state index is 13.7. The summed E-state index contributed by atoms with van der Waals surface area (Å²) in [5, 5.41) is 16.7. The third-order valence-corrected chi connectivity index (χ3v) is 7.01. The van der Waals surface area contributed by atoms with E-state index < -0.39 is 23.3 Å². The van der Waals surface area contributed by atoms with Crippen LogP contribution >= 0.6 is 11.3 Å². The molecule has 1 aliphatic rings. The number of halogens is 1. The Hall–Kier alpha value is -4.24. The zero-order valence-electron chi connectivity index (χ0n) is 17.6. The van der Waals surface area contributed by atoms with Crippen molar-refractivity contribution in [1.29, 1.82) is 0 Å². The number of rotatable bonds is 4. The highest BCUT2D eigenvalue weighted by Gasteiger charge is 2.48. The molecule has 0 spiro atoms. The fourth-order valence-corrected chi connectivity index (χ4v) is 5.19. The molecule has 3 N–H and O–H groups in total. The molecule has 0 bridgehead atoms. The van der Waals surface area contributed by atoms with Crippen molar-refractivity contribution in [1.82, 2.24) is 20.2 Å². The van der Waals surface area contributed by atoms with E-state index in [0.29, 0.717) is 16.3 Å². The van der Waals surface area contributed by atoms with Gasteiger partial charge in [0.2, 0.25) is 0 Å². The van der Waals surface area contributed by atoms with Crippen LogP contribution in [0.3, 0.4) is 0 Å². The second-order valence-corrected chi connectivity index (χ2v) is 9.12. The lowest BCUT2D eigenvalue weighted by atomic mass is 9.88. The van der Waals surface area contributed by atoms with E-state index in [0.717, 1.165) is 21.3 Å². The molecule has 34 heavy (non-hydrogen) atoms. The SMILES string of the molecule is O=C1NC(=O)[C@@](Cn2cc3ccc(F)cc3c2O)(c2ccc(-c3ccc4ncsc4c3)cc2)N1. The molecule has 2 aromatic heterocycles. The number of hydrogen-bond acceptors (Lipinski definition) is 5. The Kier molecular flexibility index (Phi) is 4.43. The molecule has 3 aromatic carbocycles. The molecule has 1 atom stereocenters. The molecule has 0 unspecified atom stereocenters. The summed E-state index contributed by atoms with van der Waals surface area (Å²) < 4.78 is 16.2. The van der Waals surface area contributed by atoms with E-state index in [1.54, 1.807) is 41.2 Å². The number of benzene rings is 3. The number of carbonyl (C=O) groups is 2. The Balaban J connectivity index is 1.41. The second kappa shape index (κ2) is 7.39. The van der Waals surface area contributed by atoms with Crippen LogP contribution in [0.25, 0.3) is 32.1 Å². The van der Waals surface area contributed by atoms with E-state index >= 15 is 0 Å². The number of fused-ring (bicyclic) bond motifs is 2. The molecule has 3 amide bonds. The van der Waals surface area contributed by atoms with Crippen LogP contribution < -0.4 is 10.6 Å². The van der Waals surface area contributed by atoms with E-state index in [4.69, 9.17) is 0 Å². The molecule has 7 nitrogen and oxygen atoms in total. The first-order valence-corrected chi connectivity index (χ1v) is 11.4. The van der Waals surface area contributed by atoms with Gasteiger partial charge in [-0.2, -0.15) is 0 Å². The van der Waals surface area contributed by atoms with E-state index in [1.807, 2.05) is 24.3 Å². The predicted octanol–water partition coefficient (Wildman–Crippen LogP) is 4.50. The van der Waals surface area contributed by atoms with E-state index in [-0.39, 0.29) is 12.4 Å². The summed E-state index contributed by atoms with van der Waals surface area (Å²) in [4.78, 5) is 29.5. The Morgan fingerprint density at radius 3 is 2.59 bits per heavy atom. The smallest absolute Gasteiger partial charge is 0.322 e. The van der Waals surface area contributed by atoms with Crippen LogP contribution in [0.1, 0.15) is 5.56 Å². The standard InChI is InChI=1S/C25H17FN4O3S/c26-18-7-3-16-11-30(22(31)19(16)10-18)12-25(23(32)28-24(33)29-25)17-5-1-14(2-6-17)15-4-8-20-21(9-15)34-13-27-20/h1-11,13,31H,12H2,(H2,28,29,32,33)/t25-/m1/s1. The lowest BCUT2D eigenvalue weighted by molar-refractivity contribution is -0.124. The molecule has 3 heterocycles. The van der Waals surface area contributed by atoms with Gasteiger partial charge in [-0.3, -0.25) is 10.1 Å². The van der Waals surface area contributed by atoms with Gasteiger partial charge in [-0.15, -0.1) is 11.3 Å². The molecule has 1 fully saturated rings. The number of thiazole rings is 1. The lowest BCUT2D eigenvalue weighted by Gasteiger charge is -2.27. The number of carbonyl (C=O) groups excluding carboxylic acids is 2. The average molecular weight is 473 g/mol. The van der Waals surface area contributed by atoms with Crippen molar-refractivity contribution in [3.05, 3.63) is 83.8 Å². The van der Waals surface area contributed by atoms with Crippen molar-refractivity contribution in [2.75, 3.05) is 0 Å². The van der Waals surface area contributed by atoms with Gasteiger partial charge in [0.1, 0.15) is 5.82 Å². The number of imide groups is 1. The fourth-order valence-electron chi connectivity index (χ4n) is 4.47. The van der Waals surface area contributed by atoms with Gasteiger partial charge in [0.05, 0.1) is 22.3 Å². The van der Waals surface area contributed by atoms with Gasteiger partial charge >= 0.3 is 6.03 Å². The van der Waals surface area contributed by atoms with E-state index in [2.05, 4.69) is 21.7 Å². The minimum Gasteiger partial charge on any atom is -0.494 e. The number of aromatic hydroxyl groups is 1. The zero-order chi connectivity index (χ0) is 23.4. The lowest BCUT2D eigenvalue weighted by Crippen LogP contribution is -2.47. The Morgan fingerprint density at radius 1 is 1.03 bits per heavy atom. The summed E-state index contributed by atoms with van der Waals surface area (Å²) in [6.45, 7) is -0.0706. The summed E-state index contributed by atoms with van der Waals surface area (Å²) in [5.74, 6) is -1.19. The van der Waals surface area contributed by atoms with Gasteiger partial charge in [-0.1, -0.05) is 30.3 Å². The van der Waals surface area contributed by atoms with Crippen molar-refractivity contribution in [2.24, 2.45) is 0 Å². The fraction of sp³-hybridized carbons (Fsp3) is 0.0800. The van der Waals surface area contributed by atoms with Crippen LogP contribution in [-0.4, -0.2) is 26.6 Å². The molecule has 6 rings (SSSR count). The summed E-state index contributed by atoms with van der Waals surface area (Å²) in [7, 11) is 0.